The lowest BCUT2D eigenvalue weighted by molar-refractivity contribution is -0.127. The molecule has 9 heteroatoms. The highest BCUT2D eigenvalue weighted by Gasteiger charge is 2.49. The zero-order chi connectivity index (χ0) is 21.6. The molecule has 1 spiro atoms. The Kier molecular flexibility index (Phi) is 7.38. The van der Waals surface area contributed by atoms with Crippen molar-refractivity contribution >= 4 is 33.7 Å². The molecule has 4 heterocycles. The third-order valence-electron chi connectivity index (χ3n) is 4.61. The molecule has 0 unspecified atom stereocenters. The van der Waals surface area contributed by atoms with Gasteiger partial charge in [-0.05, 0) is 54.0 Å². The number of nitrogens with zero attached hydrogens (tertiary/aromatic N) is 3. The number of ether oxygens (including phenoxy) is 3. The molecule has 0 N–H and O–H groups in total. The first-order valence-corrected chi connectivity index (χ1v) is 10.5. The van der Waals surface area contributed by atoms with Crippen LogP contribution in [0, 0.1) is 5.41 Å². The van der Waals surface area contributed by atoms with Crippen LogP contribution >= 0.6 is 15.9 Å². The standard InChI is InChI=1S/C13H16N2O3.C8H8BrNO2/c1-2-18-12(16)10-4-3-5-11(14-10)15-6-13(7-15)8-17-9-13;1-2-12-8(11)6-4-3-5-7(9)10-6/h3-5H,2,6-9H2,1H3;3-5H,2H2,1H3. The minimum Gasteiger partial charge on any atom is -0.461 e. The SMILES string of the molecule is CCOC(=O)c1cccc(Br)n1.CCOC(=O)c1cccc(N2CC3(COC3)C2)n1. The van der Waals surface area contributed by atoms with Gasteiger partial charge in [-0.25, -0.2) is 19.6 Å². The molecule has 0 aliphatic carbocycles. The average Bonchev–Trinajstić information content (AvgIpc) is 2.67. The number of hydrogen-bond acceptors (Lipinski definition) is 8. The summed E-state index contributed by atoms with van der Waals surface area (Å²) in [5, 5.41) is 0. The Morgan fingerprint density at radius 1 is 1.00 bits per heavy atom. The smallest absolute Gasteiger partial charge is 0.356 e. The van der Waals surface area contributed by atoms with Crippen molar-refractivity contribution < 1.29 is 23.8 Å². The minimum absolute atomic E-state index is 0.325. The number of rotatable bonds is 5. The van der Waals surface area contributed by atoms with Crippen LogP contribution in [-0.4, -0.2) is 61.4 Å². The van der Waals surface area contributed by atoms with Crippen molar-refractivity contribution in [3.63, 3.8) is 0 Å². The van der Waals surface area contributed by atoms with E-state index in [1.165, 1.54) is 0 Å². The summed E-state index contributed by atoms with van der Waals surface area (Å²) in [6, 6.07) is 10.6. The van der Waals surface area contributed by atoms with Gasteiger partial charge in [0.15, 0.2) is 5.69 Å². The van der Waals surface area contributed by atoms with Crippen molar-refractivity contribution in [3.05, 3.63) is 52.4 Å². The van der Waals surface area contributed by atoms with Crippen molar-refractivity contribution in [2.75, 3.05) is 44.4 Å². The molecule has 0 radical (unpaired) electrons. The van der Waals surface area contributed by atoms with Crippen LogP contribution in [0.15, 0.2) is 41.0 Å². The maximum absolute atomic E-state index is 11.6. The van der Waals surface area contributed by atoms with Crippen LogP contribution in [0.5, 0.6) is 0 Å². The van der Waals surface area contributed by atoms with E-state index in [9.17, 15) is 9.59 Å². The van der Waals surface area contributed by atoms with Crippen molar-refractivity contribution in [2.45, 2.75) is 13.8 Å². The average molecular weight is 478 g/mol. The molecule has 2 aromatic heterocycles. The second-order valence-electron chi connectivity index (χ2n) is 7.02. The fourth-order valence-electron chi connectivity index (χ4n) is 3.14. The second-order valence-corrected chi connectivity index (χ2v) is 7.83. The van der Waals surface area contributed by atoms with Crippen molar-refractivity contribution in [3.8, 4) is 0 Å². The van der Waals surface area contributed by atoms with Gasteiger partial charge in [-0.2, -0.15) is 0 Å². The summed E-state index contributed by atoms with van der Waals surface area (Å²) in [6.07, 6.45) is 0. The molecule has 0 atom stereocenters. The van der Waals surface area contributed by atoms with E-state index in [0.29, 0.717) is 34.6 Å². The van der Waals surface area contributed by atoms with Crippen LogP contribution in [0.1, 0.15) is 34.8 Å². The molecule has 30 heavy (non-hydrogen) atoms. The Labute approximate surface area is 183 Å². The zero-order valence-electron chi connectivity index (χ0n) is 17.0. The summed E-state index contributed by atoms with van der Waals surface area (Å²) < 4.78 is 15.6. The Hall–Kier alpha value is -2.52. The molecule has 0 amide bonds. The van der Waals surface area contributed by atoms with E-state index in [1.54, 1.807) is 38.1 Å². The van der Waals surface area contributed by atoms with E-state index < -0.39 is 0 Å². The number of hydrogen-bond donors (Lipinski definition) is 0. The number of carbonyl (C=O) groups is 2. The van der Waals surface area contributed by atoms with Crippen molar-refractivity contribution in [2.24, 2.45) is 5.41 Å². The lowest BCUT2D eigenvalue weighted by atomic mass is 9.78. The van der Waals surface area contributed by atoms with Gasteiger partial charge in [0, 0.05) is 13.1 Å². The van der Waals surface area contributed by atoms with Gasteiger partial charge >= 0.3 is 11.9 Å². The highest BCUT2D eigenvalue weighted by Crippen LogP contribution is 2.39. The van der Waals surface area contributed by atoms with Crippen LogP contribution in [-0.2, 0) is 14.2 Å². The van der Waals surface area contributed by atoms with Gasteiger partial charge in [0.2, 0.25) is 0 Å². The number of pyridine rings is 2. The van der Waals surface area contributed by atoms with E-state index >= 15 is 0 Å². The van der Waals surface area contributed by atoms with E-state index in [2.05, 4.69) is 30.8 Å². The number of aromatic nitrogens is 2. The predicted molar refractivity (Wildman–Crippen MR) is 114 cm³/mol. The topological polar surface area (TPSA) is 90.9 Å². The molecular formula is C21H24BrN3O5. The van der Waals surface area contributed by atoms with Gasteiger partial charge in [0.05, 0.1) is 31.8 Å². The second kappa shape index (κ2) is 9.99. The van der Waals surface area contributed by atoms with E-state index in [-0.39, 0.29) is 11.9 Å². The number of esters is 2. The van der Waals surface area contributed by atoms with Gasteiger partial charge < -0.3 is 19.1 Å². The normalized spacial score (nSPS) is 15.9. The van der Waals surface area contributed by atoms with Gasteiger partial charge in [-0.1, -0.05) is 12.1 Å². The zero-order valence-corrected chi connectivity index (χ0v) is 18.6. The molecule has 2 aliphatic rings. The Morgan fingerprint density at radius 3 is 2.07 bits per heavy atom. The third kappa shape index (κ3) is 5.34. The molecule has 0 bridgehead atoms. The van der Waals surface area contributed by atoms with Crippen LogP contribution in [0.2, 0.25) is 0 Å². The van der Waals surface area contributed by atoms with Crippen molar-refractivity contribution in [1.82, 2.24) is 9.97 Å². The lowest BCUT2D eigenvalue weighted by Gasteiger charge is -2.55. The fraction of sp³-hybridized carbons (Fsp3) is 0.429. The summed E-state index contributed by atoms with van der Waals surface area (Å²) in [5.74, 6) is 0.0958. The maximum atomic E-state index is 11.6. The first-order valence-electron chi connectivity index (χ1n) is 9.73. The van der Waals surface area contributed by atoms with E-state index in [0.717, 1.165) is 32.1 Å². The third-order valence-corrected chi connectivity index (χ3v) is 5.05. The number of anilines is 1. The molecule has 0 aromatic carbocycles. The molecule has 8 nitrogen and oxygen atoms in total. The number of carbonyl (C=O) groups excluding carboxylic acids is 2. The molecule has 4 rings (SSSR count). The molecule has 160 valence electrons. The van der Waals surface area contributed by atoms with Gasteiger partial charge in [0.25, 0.3) is 0 Å². The summed E-state index contributed by atoms with van der Waals surface area (Å²) >= 11 is 3.16. The summed E-state index contributed by atoms with van der Waals surface area (Å²) in [4.78, 5) is 33.1. The minimum atomic E-state index is -0.390. The van der Waals surface area contributed by atoms with Crippen LogP contribution in [0.4, 0.5) is 5.82 Å². The Balaban J connectivity index is 0.000000187. The van der Waals surface area contributed by atoms with Crippen LogP contribution < -0.4 is 4.90 Å². The monoisotopic (exact) mass is 477 g/mol. The molecule has 2 aliphatic heterocycles. The van der Waals surface area contributed by atoms with Gasteiger partial charge in [-0.3, -0.25) is 0 Å². The van der Waals surface area contributed by atoms with Crippen LogP contribution in [0.25, 0.3) is 0 Å². The Morgan fingerprint density at radius 2 is 1.57 bits per heavy atom. The maximum Gasteiger partial charge on any atom is 0.356 e. The van der Waals surface area contributed by atoms with Crippen LogP contribution in [0.3, 0.4) is 0 Å². The first-order chi connectivity index (χ1) is 14.5. The summed E-state index contributed by atoms with van der Waals surface area (Å²) in [6.45, 7) is 7.91. The predicted octanol–water partition coefficient (Wildman–Crippen LogP) is 3.12. The van der Waals surface area contributed by atoms with E-state index in [4.69, 9.17) is 14.2 Å². The molecule has 2 aromatic rings. The molecule has 0 saturated carbocycles. The molecular weight excluding hydrogens is 454 g/mol. The summed E-state index contributed by atoms with van der Waals surface area (Å²) in [7, 11) is 0. The highest BCUT2D eigenvalue weighted by atomic mass is 79.9. The first kappa shape index (κ1) is 22.2. The largest absolute Gasteiger partial charge is 0.461 e. The fourth-order valence-corrected chi connectivity index (χ4v) is 3.49. The highest BCUT2D eigenvalue weighted by molar-refractivity contribution is 9.10. The van der Waals surface area contributed by atoms with Gasteiger partial charge in [-0.15, -0.1) is 0 Å². The Bertz CT molecular complexity index is 896. The summed E-state index contributed by atoms with van der Waals surface area (Å²) in [5.41, 5.74) is 1.05. The van der Waals surface area contributed by atoms with E-state index in [1.807, 2.05) is 12.1 Å². The number of halogens is 1. The van der Waals surface area contributed by atoms with Gasteiger partial charge in [0.1, 0.15) is 16.1 Å². The lowest BCUT2D eigenvalue weighted by Crippen LogP contribution is -2.66. The molecule has 2 saturated heterocycles. The quantitative estimate of drug-likeness (QED) is 0.479. The molecule has 2 fully saturated rings. The van der Waals surface area contributed by atoms with Crippen molar-refractivity contribution in [1.29, 1.82) is 0 Å².